The first kappa shape index (κ1) is 18.5. The Kier molecular flexibility index (Phi) is 6.33. The molecule has 0 radical (unpaired) electrons. The predicted octanol–water partition coefficient (Wildman–Crippen LogP) is 2.12. The molecule has 1 aliphatic heterocycles. The third-order valence-corrected chi connectivity index (χ3v) is 4.56. The maximum Gasteiger partial charge on any atom is 0.238 e. The highest BCUT2D eigenvalue weighted by atomic mass is 19.1. The zero-order chi connectivity index (χ0) is 18.4. The number of piperazine rings is 1. The number of amides is 1. The van der Waals surface area contributed by atoms with Crippen molar-refractivity contribution >= 4 is 11.6 Å². The molecule has 0 saturated carbocycles. The van der Waals surface area contributed by atoms with Gasteiger partial charge in [-0.05, 0) is 23.8 Å². The molecule has 0 bridgehead atoms. The van der Waals surface area contributed by atoms with E-state index in [0.29, 0.717) is 12.2 Å². The predicted molar refractivity (Wildman–Crippen MR) is 99.3 cm³/mol. The van der Waals surface area contributed by atoms with Crippen LogP contribution in [0.4, 0.5) is 10.1 Å². The fourth-order valence-corrected chi connectivity index (χ4v) is 3.12. The lowest BCUT2D eigenvalue weighted by Gasteiger charge is -2.35. The van der Waals surface area contributed by atoms with Crippen LogP contribution in [0.3, 0.4) is 0 Å². The first-order chi connectivity index (χ1) is 12.6. The van der Waals surface area contributed by atoms with Crippen LogP contribution in [0.2, 0.25) is 0 Å². The molecule has 2 aromatic carbocycles. The van der Waals surface area contributed by atoms with Crippen molar-refractivity contribution in [2.24, 2.45) is 0 Å². The van der Waals surface area contributed by atoms with E-state index in [9.17, 15) is 14.3 Å². The summed E-state index contributed by atoms with van der Waals surface area (Å²) in [6.45, 7) is 4.00. The van der Waals surface area contributed by atoms with Crippen molar-refractivity contribution in [1.29, 1.82) is 0 Å². The number of carbonyl (C=O) groups excluding carboxylic acids is 1. The second kappa shape index (κ2) is 8.89. The zero-order valence-electron chi connectivity index (χ0n) is 14.6. The van der Waals surface area contributed by atoms with Gasteiger partial charge in [-0.2, -0.15) is 0 Å². The molecular weight excluding hydrogens is 333 g/mol. The summed E-state index contributed by atoms with van der Waals surface area (Å²) >= 11 is 0. The van der Waals surface area contributed by atoms with Crippen molar-refractivity contribution in [2.75, 3.05) is 44.6 Å². The summed E-state index contributed by atoms with van der Waals surface area (Å²) in [6.07, 6.45) is -0.501. The van der Waals surface area contributed by atoms with E-state index >= 15 is 0 Å². The second-order valence-corrected chi connectivity index (χ2v) is 6.56. The van der Waals surface area contributed by atoms with Gasteiger partial charge in [0.1, 0.15) is 5.82 Å². The molecule has 0 aliphatic carbocycles. The van der Waals surface area contributed by atoms with Crippen LogP contribution in [0, 0.1) is 5.82 Å². The van der Waals surface area contributed by atoms with E-state index in [4.69, 9.17) is 0 Å². The molecule has 1 heterocycles. The Morgan fingerprint density at radius 1 is 1.04 bits per heavy atom. The van der Waals surface area contributed by atoms with Crippen molar-refractivity contribution in [3.05, 3.63) is 66.0 Å². The molecule has 3 rings (SSSR count). The first-order valence-electron chi connectivity index (χ1n) is 8.83. The van der Waals surface area contributed by atoms with Gasteiger partial charge >= 0.3 is 0 Å². The Morgan fingerprint density at radius 3 is 2.42 bits per heavy atom. The van der Waals surface area contributed by atoms with Crippen LogP contribution in [-0.2, 0) is 4.79 Å². The normalized spacial score (nSPS) is 17.0. The van der Waals surface area contributed by atoms with Crippen LogP contribution in [0.15, 0.2) is 54.6 Å². The smallest absolute Gasteiger partial charge is 0.238 e. The van der Waals surface area contributed by atoms with Gasteiger partial charge in [0.05, 0.1) is 12.6 Å². The van der Waals surface area contributed by atoms with E-state index in [0.717, 1.165) is 31.7 Å². The van der Waals surface area contributed by atoms with E-state index in [1.54, 1.807) is 12.1 Å². The molecular formula is C20H24FN3O2. The van der Waals surface area contributed by atoms with E-state index < -0.39 is 6.10 Å². The van der Waals surface area contributed by atoms with E-state index in [1.165, 1.54) is 12.1 Å². The highest BCUT2D eigenvalue weighted by Gasteiger charge is 2.21. The molecule has 0 spiro atoms. The molecule has 0 aromatic heterocycles. The summed E-state index contributed by atoms with van der Waals surface area (Å²) in [5.41, 5.74) is 1.39. The number of aliphatic hydroxyl groups excluding tert-OH is 1. The van der Waals surface area contributed by atoms with Crippen LogP contribution in [-0.4, -0.2) is 60.1 Å². The number of nitrogens with one attached hydrogen (secondary N) is 1. The minimum absolute atomic E-state index is 0.145. The standard InChI is InChI=1S/C20H24FN3O2/c21-17-7-4-8-18(13-17)22-20(26)15-24-11-9-23(10-12-24)14-19(25)16-5-2-1-3-6-16/h1-8,13,19,25H,9-12,14-15H2,(H,22,26)/t19-/m0/s1. The Balaban J connectivity index is 1.41. The van der Waals surface area contributed by atoms with Crippen molar-refractivity contribution < 1.29 is 14.3 Å². The van der Waals surface area contributed by atoms with Gasteiger partial charge in [0, 0.05) is 38.4 Å². The molecule has 1 fully saturated rings. The Morgan fingerprint density at radius 2 is 1.73 bits per heavy atom. The lowest BCUT2D eigenvalue weighted by atomic mass is 10.1. The SMILES string of the molecule is O=C(CN1CCN(C[C@H](O)c2ccccc2)CC1)Nc1cccc(F)c1. The summed E-state index contributed by atoms with van der Waals surface area (Å²) < 4.78 is 13.2. The third-order valence-electron chi connectivity index (χ3n) is 4.56. The van der Waals surface area contributed by atoms with Crippen LogP contribution in [0.1, 0.15) is 11.7 Å². The van der Waals surface area contributed by atoms with Gasteiger partial charge in [-0.1, -0.05) is 36.4 Å². The molecule has 0 unspecified atom stereocenters. The van der Waals surface area contributed by atoms with Crippen LogP contribution in [0.25, 0.3) is 0 Å². The number of anilines is 1. The van der Waals surface area contributed by atoms with Gasteiger partial charge in [-0.25, -0.2) is 4.39 Å². The van der Waals surface area contributed by atoms with Gasteiger partial charge in [0.25, 0.3) is 0 Å². The van der Waals surface area contributed by atoms with E-state index in [2.05, 4.69) is 15.1 Å². The number of rotatable bonds is 6. The fourth-order valence-electron chi connectivity index (χ4n) is 3.12. The maximum absolute atomic E-state index is 13.2. The number of nitrogens with zero attached hydrogens (tertiary/aromatic N) is 2. The van der Waals surface area contributed by atoms with Gasteiger partial charge in [-0.3, -0.25) is 14.6 Å². The zero-order valence-corrected chi connectivity index (χ0v) is 14.6. The first-order valence-corrected chi connectivity index (χ1v) is 8.83. The maximum atomic E-state index is 13.2. The molecule has 1 amide bonds. The van der Waals surface area contributed by atoms with Crippen LogP contribution >= 0.6 is 0 Å². The molecule has 1 aliphatic rings. The number of hydrogen-bond acceptors (Lipinski definition) is 4. The topological polar surface area (TPSA) is 55.8 Å². The van der Waals surface area contributed by atoms with E-state index in [-0.39, 0.29) is 18.3 Å². The Labute approximate surface area is 153 Å². The van der Waals surface area contributed by atoms with Crippen molar-refractivity contribution in [2.45, 2.75) is 6.10 Å². The molecule has 2 aromatic rings. The number of halogens is 1. The summed E-state index contributed by atoms with van der Waals surface area (Å²) in [4.78, 5) is 16.4. The summed E-state index contributed by atoms with van der Waals surface area (Å²) in [5, 5.41) is 13.0. The van der Waals surface area contributed by atoms with Crippen molar-refractivity contribution in [3.63, 3.8) is 0 Å². The highest BCUT2D eigenvalue weighted by Crippen LogP contribution is 2.15. The summed E-state index contributed by atoms with van der Waals surface area (Å²) in [7, 11) is 0. The molecule has 26 heavy (non-hydrogen) atoms. The lowest BCUT2D eigenvalue weighted by Crippen LogP contribution is -2.49. The molecule has 138 valence electrons. The average Bonchev–Trinajstić information content (AvgIpc) is 2.64. The van der Waals surface area contributed by atoms with Gasteiger partial charge < -0.3 is 10.4 Å². The number of aliphatic hydroxyl groups is 1. The van der Waals surface area contributed by atoms with Gasteiger partial charge in [0.15, 0.2) is 0 Å². The average molecular weight is 357 g/mol. The Hall–Kier alpha value is -2.28. The largest absolute Gasteiger partial charge is 0.387 e. The number of carbonyl (C=O) groups is 1. The van der Waals surface area contributed by atoms with Crippen LogP contribution in [0.5, 0.6) is 0 Å². The minimum Gasteiger partial charge on any atom is -0.387 e. The van der Waals surface area contributed by atoms with Crippen molar-refractivity contribution in [3.8, 4) is 0 Å². The van der Waals surface area contributed by atoms with E-state index in [1.807, 2.05) is 30.3 Å². The molecule has 5 nitrogen and oxygen atoms in total. The number of benzene rings is 2. The second-order valence-electron chi connectivity index (χ2n) is 6.56. The quantitative estimate of drug-likeness (QED) is 0.832. The third kappa shape index (κ3) is 5.36. The molecule has 6 heteroatoms. The van der Waals surface area contributed by atoms with Crippen molar-refractivity contribution in [1.82, 2.24) is 9.80 Å². The molecule has 1 atom stereocenters. The number of β-amino-alcohol motifs (C(OH)–C–C–N with tert-alkyl or cyclic N) is 1. The summed E-state index contributed by atoms with van der Waals surface area (Å²) in [6, 6.07) is 15.5. The van der Waals surface area contributed by atoms with Gasteiger partial charge in [-0.15, -0.1) is 0 Å². The molecule has 1 saturated heterocycles. The lowest BCUT2D eigenvalue weighted by molar-refractivity contribution is -0.117. The minimum atomic E-state index is -0.501. The highest BCUT2D eigenvalue weighted by molar-refractivity contribution is 5.92. The number of hydrogen-bond donors (Lipinski definition) is 2. The van der Waals surface area contributed by atoms with Crippen LogP contribution < -0.4 is 5.32 Å². The fraction of sp³-hybridized carbons (Fsp3) is 0.350. The Bertz CT molecular complexity index is 718. The summed E-state index contributed by atoms with van der Waals surface area (Å²) in [5.74, 6) is -0.512. The monoisotopic (exact) mass is 357 g/mol. The molecule has 2 N–H and O–H groups in total. The van der Waals surface area contributed by atoms with Gasteiger partial charge in [0.2, 0.25) is 5.91 Å².